The van der Waals surface area contributed by atoms with Gasteiger partial charge in [-0.15, -0.1) is 0 Å². The van der Waals surface area contributed by atoms with Crippen molar-refractivity contribution in [2.24, 2.45) is 0 Å². The van der Waals surface area contributed by atoms with Crippen LogP contribution >= 0.6 is 0 Å². The summed E-state index contributed by atoms with van der Waals surface area (Å²) in [6, 6.07) is 7.05. The molecule has 2 aromatic carbocycles. The van der Waals surface area contributed by atoms with Gasteiger partial charge in [-0.3, -0.25) is 0 Å². The van der Waals surface area contributed by atoms with Gasteiger partial charge in [0, 0.05) is 0 Å². The highest BCUT2D eigenvalue weighted by Gasteiger charge is 2.33. The molecule has 1 heterocycles. The van der Waals surface area contributed by atoms with Crippen LogP contribution in [0.4, 0.5) is 0 Å². The quantitative estimate of drug-likeness (QED) is 0.435. The van der Waals surface area contributed by atoms with Crippen molar-refractivity contribution < 1.29 is 41.9 Å². The van der Waals surface area contributed by atoms with E-state index in [9.17, 15) is 13.5 Å². The number of sulfone groups is 1. The fraction of sp³-hybridized carbons (Fsp3) is 0.538. The zero-order valence-corrected chi connectivity index (χ0v) is 22.5. The summed E-state index contributed by atoms with van der Waals surface area (Å²) in [6.45, 7) is 3.70. The van der Waals surface area contributed by atoms with Crippen LogP contribution in [0, 0.1) is 0 Å². The number of hydrogen-bond acceptors (Lipinski definition) is 9. The highest BCUT2D eigenvalue weighted by Crippen LogP contribution is 2.48. The summed E-state index contributed by atoms with van der Waals surface area (Å²) >= 11 is 0. The van der Waals surface area contributed by atoms with Crippen molar-refractivity contribution in [1.29, 1.82) is 0 Å². The molecule has 1 saturated heterocycles. The Kier molecular flexibility index (Phi) is 9.32. The second-order valence-electron chi connectivity index (χ2n) is 8.68. The third-order valence-corrected chi connectivity index (χ3v) is 7.85. The van der Waals surface area contributed by atoms with Crippen molar-refractivity contribution in [1.82, 2.24) is 0 Å². The Labute approximate surface area is 213 Å². The first-order valence-corrected chi connectivity index (χ1v) is 13.5. The predicted molar refractivity (Wildman–Crippen MR) is 134 cm³/mol. The van der Waals surface area contributed by atoms with Crippen molar-refractivity contribution in [2.75, 3.05) is 40.8 Å². The smallest absolute Gasteiger partial charge is 0.203 e. The Balaban J connectivity index is 1.99. The number of methoxy groups -OCH3 is 4. The van der Waals surface area contributed by atoms with E-state index in [1.165, 1.54) is 14.0 Å². The molecular weight excluding hydrogens is 488 g/mol. The van der Waals surface area contributed by atoms with Crippen LogP contribution in [-0.4, -0.2) is 60.4 Å². The molecule has 0 aromatic heterocycles. The van der Waals surface area contributed by atoms with E-state index in [2.05, 4.69) is 0 Å². The molecule has 10 heteroatoms. The standard InChI is InChI=1S/C26H36O9S/c1-7-10-34-26-23(32-5)13-18(14-24(26)36(28,29)15-16(2)27)20-9-8-19(35-20)17-11-21(30-3)25(33-6)22(12-17)31-4/h11-14,16,19-20,27H,7-10,15H2,1-6H3/t16?,19-,20-/m1/s1. The van der Waals surface area contributed by atoms with Gasteiger partial charge >= 0.3 is 0 Å². The van der Waals surface area contributed by atoms with Gasteiger partial charge in [-0.05, 0) is 61.6 Å². The molecule has 3 rings (SSSR count). The molecule has 0 amide bonds. The van der Waals surface area contributed by atoms with Gasteiger partial charge in [-0.1, -0.05) is 6.92 Å². The molecule has 1 aliphatic rings. The fourth-order valence-corrected chi connectivity index (χ4v) is 5.91. The zero-order chi connectivity index (χ0) is 26.5. The summed E-state index contributed by atoms with van der Waals surface area (Å²) < 4.78 is 60.4. The van der Waals surface area contributed by atoms with Crippen LogP contribution in [0.2, 0.25) is 0 Å². The van der Waals surface area contributed by atoms with Crippen molar-refractivity contribution in [2.45, 2.75) is 56.3 Å². The van der Waals surface area contributed by atoms with E-state index < -0.39 is 21.7 Å². The molecule has 9 nitrogen and oxygen atoms in total. The average molecular weight is 525 g/mol. The van der Waals surface area contributed by atoms with Crippen LogP contribution in [0.25, 0.3) is 0 Å². The topological polar surface area (TPSA) is 110 Å². The van der Waals surface area contributed by atoms with Crippen LogP contribution in [0.1, 0.15) is 56.4 Å². The van der Waals surface area contributed by atoms with Crippen LogP contribution in [0.15, 0.2) is 29.2 Å². The minimum Gasteiger partial charge on any atom is -0.493 e. The van der Waals surface area contributed by atoms with E-state index in [0.29, 0.717) is 54.4 Å². The molecule has 0 spiro atoms. The minimum absolute atomic E-state index is 0.00830. The highest BCUT2D eigenvalue weighted by atomic mass is 32.2. The lowest BCUT2D eigenvalue weighted by atomic mass is 10.0. The lowest BCUT2D eigenvalue weighted by molar-refractivity contribution is 0.0435. The zero-order valence-electron chi connectivity index (χ0n) is 21.7. The first-order valence-electron chi connectivity index (χ1n) is 11.9. The largest absolute Gasteiger partial charge is 0.493 e. The van der Waals surface area contributed by atoms with Crippen LogP contribution in [0.5, 0.6) is 28.7 Å². The van der Waals surface area contributed by atoms with Crippen molar-refractivity contribution in [3.05, 3.63) is 35.4 Å². The summed E-state index contributed by atoms with van der Waals surface area (Å²) in [5.41, 5.74) is 1.53. The Morgan fingerprint density at radius 2 is 1.39 bits per heavy atom. The predicted octanol–water partition coefficient (Wildman–Crippen LogP) is 4.26. The first kappa shape index (κ1) is 27.9. The lowest BCUT2D eigenvalue weighted by Crippen LogP contribution is -2.19. The summed E-state index contributed by atoms with van der Waals surface area (Å²) in [7, 11) is 2.28. The Morgan fingerprint density at radius 1 is 0.889 bits per heavy atom. The molecule has 200 valence electrons. The number of aliphatic hydroxyl groups is 1. The van der Waals surface area contributed by atoms with Gasteiger partial charge in [0.25, 0.3) is 0 Å². The van der Waals surface area contributed by atoms with Crippen LogP contribution in [0.3, 0.4) is 0 Å². The molecule has 1 aliphatic heterocycles. The molecular formula is C26H36O9S. The molecule has 1 N–H and O–H groups in total. The van der Waals surface area contributed by atoms with E-state index in [0.717, 1.165) is 5.56 Å². The molecule has 2 aromatic rings. The lowest BCUT2D eigenvalue weighted by Gasteiger charge is -2.21. The Morgan fingerprint density at radius 3 is 1.83 bits per heavy atom. The summed E-state index contributed by atoms with van der Waals surface area (Å²) in [4.78, 5) is -0.00830. The second kappa shape index (κ2) is 12.0. The SMILES string of the molecule is CCCOc1c(OC)cc([C@H]2CC[C@H](c3cc(OC)c(OC)c(OC)c3)O2)cc1S(=O)(=O)CC(C)O. The van der Waals surface area contributed by atoms with Crippen LogP contribution in [-0.2, 0) is 14.6 Å². The summed E-state index contributed by atoms with van der Waals surface area (Å²) in [5.74, 6) is 1.60. The molecule has 3 atom stereocenters. The third kappa shape index (κ3) is 5.99. The second-order valence-corrected chi connectivity index (χ2v) is 10.7. The normalized spacial score (nSPS) is 18.5. The van der Waals surface area contributed by atoms with Gasteiger partial charge in [0.15, 0.2) is 32.8 Å². The van der Waals surface area contributed by atoms with Gasteiger partial charge < -0.3 is 33.5 Å². The number of hydrogen-bond donors (Lipinski definition) is 1. The van der Waals surface area contributed by atoms with Gasteiger partial charge in [0.05, 0.1) is 59.1 Å². The molecule has 0 bridgehead atoms. The van der Waals surface area contributed by atoms with E-state index in [1.54, 1.807) is 33.5 Å². The molecule has 0 aliphatic carbocycles. The van der Waals surface area contributed by atoms with Gasteiger partial charge in [-0.25, -0.2) is 8.42 Å². The Bertz CT molecular complexity index is 1120. The summed E-state index contributed by atoms with van der Waals surface area (Å²) in [5, 5.41) is 9.80. The summed E-state index contributed by atoms with van der Waals surface area (Å²) in [6.07, 6.45) is 0.399. The number of ether oxygens (including phenoxy) is 6. The first-order chi connectivity index (χ1) is 17.2. The molecule has 0 saturated carbocycles. The number of rotatable bonds is 12. The maximum Gasteiger partial charge on any atom is 0.203 e. The number of aliphatic hydroxyl groups excluding tert-OH is 1. The maximum atomic E-state index is 13.2. The van der Waals surface area contributed by atoms with E-state index in [1.807, 2.05) is 19.1 Å². The maximum absolute atomic E-state index is 13.2. The average Bonchev–Trinajstić information content (AvgIpc) is 3.35. The van der Waals surface area contributed by atoms with Gasteiger partial charge in [0.1, 0.15) is 4.90 Å². The van der Waals surface area contributed by atoms with Crippen molar-refractivity contribution in [3.63, 3.8) is 0 Å². The third-order valence-electron chi connectivity index (χ3n) is 5.96. The minimum atomic E-state index is -3.85. The molecule has 0 radical (unpaired) electrons. The van der Waals surface area contributed by atoms with Crippen molar-refractivity contribution in [3.8, 4) is 28.7 Å². The van der Waals surface area contributed by atoms with Gasteiger partial charge in [0.2, 0.25) is 5.75 Å². The highest BCUT2D eigenvalue weighted by molar-refractivity contribution is 7.91. The Hall–Kier alpha value is -2.69. The molecule has 1 unspecified atom stereocenters. The molecule has 1 fully saturated rings. The fourth-order valence-electron chi connectivity index (χ4n) is 4.33. The van der Waals surface area contributed by atoms with E-state index >= 15 is 0 Å². The molecule has 36 heavy (non-hydrogen) atoms. The number of benzene rings is 2. The van der Waals surface area contributed by atoms with Gasteiger partial charge in [-0.2, -0.15) is 0 Å². The van der Waals surface area contributed by atoms with E-state index in [4.69, 9.17) is 28.4 Å². The monoisotopic (exact) mass is 524 g/mol. The van der Waals surface area contributed by atoms with Crippen molar-refractivity contribution >= 4 is 9.84 Å². The van der Waals surface area contributed by atoms with Crippen LogP contribution < -0.4 is 23.7 Å². The van der Waals surface area contributed by atoms with E-state index in [-0.39, 0.29) is 22.9 Å².